The van der Waals surface area contributed by atoms with Crippen LogP contribution >= 0.6 is 24.0 Å². The van der Waals surface area contributed by atoms with E-state index in [-0.39, 0.29) is 0 Å². The number of rotatable bonds is 4. The Kier molecular flexibility index (Phi) is 4.23. The molecule has 0 saturated heterocycles. The first-order chi connectivity index (χ1) is 8.70. The minimum Gasteiger partial charge on any atom is -0.456 e. The fourth-order valence-electron chi connectivity index (χ4n) is 1.52. The van der Waals surface area contributed by atoms with Crippen molar-refractivity contribution < 1.29 is 4.74 Å². The Labute approximate surface area is 116 Å². The van der Waals surface area contributed by atoms with Crippen molar-refractivity contribution in [2.75, 3.05) is 6.26 Å². The Morgan fingerprint density at radius 3 is 2.39 bits per heavy atom. The number of benzene rings is 2. The Morgan fingerprint density at radius 2 is 1.78 bits per heavy atom. The molecular formula is C14H13NOS2. The third-order valence-corrected chi connectivity index (χ3v) is 3.45. The van der Waals surface area contributed by atoms with Gasteiger partial charge in [0.2, 0.25) is 0 Å². The predicted molar refractivity (Wildman–Crippen MR) is 80.6 cm³/mol. The van der Waals surface area contributed by atoms with Gasteiger partial charge in [-0.05, 0) is 42.7 Å². The lowest BCUT2D eigenvalue weighted by Crippen LogP contribution is -2.08. The van der Waals surface area contributed by atoms with Gasteiger partial charge in [-0.15, -0.1) is 11.8 Å². The van der Waals surface area contributed by atoms with Crippen molar-refractivity contribution in [3.05, 3.63) is 54.1 Å². The van der Waals surface area contributed by atoms with Crippen LogP contribution in [0.1, 0.15) is 5.56 Å². The molecule has 0 unspecified atom stereocenters. The fraction of sp³-hybridized carbons (Fsp3) is 0.0714. The molecule has 0 radical (unpaired) electrons. The van der Waals surface area contributed by atoms with E-state index in [4.69, 9.17) is 22.7 Å². The molecule has 0 aliphatic rings. The van der Waals surface area contributed by atoms with E-state index in [2.05, 4.69) is 0 Å². The molecule has 2 N–H and O–H groups in total. The fourth-order valence-corrected chi connectivity index (χ4v) is 2.18. The Bertz CT molecular complexity index is 552. The molecule has 0 heterocycles. The largest absolute Gasteiger partial charge is 0.456 e. The molecule has 0 aliphatic heterocycles. The summed E-state index contributed by atoms with van der Waals surface area (Å²) in [7, 11) is 0. The van der Waals surface area contributed by atoms with Crippen LogP contribution in [0.25, 0.3) is 0 Å². The number of hydrogen-bond acceptors (Lipinski definition) is 3. The quantitative estimate of drug-likeness (QED) is 0.679. The van der Waals surface area contributed by atoms with E-state index in [1.807, 2.05) is 54.8 Å². The summed E-state index contributed by atoms with van der Waals surface area (Å²) in [6.07, 6.45) is 2.03. The average Bonchev–Trinajstić information content (AvgIpc) is 2.40. The summed E-state index contributed by atoms with van der Waals surface area (Å²) in [5.74, 6) is 1.63. The topological polar surface area (TPSA) is 35.2 Å². The second kappa shape index (κ2) is 5.89. The van der Waals surface area contributed by atoms with Crippen LogP contribution in [0.2, 0.25) is 0 Å². The zero-order valence-corrected chi connectivity index (χ0v) is 11.6. The van der Waals surface area contributed by atoms with Gasteiger partial charge in [0.25, 0.3) is 0 Å². The molecule has 2 aromatic rings. The summed E-state index contributed by atoms with van der Waals surface area (Å²) in [6.45, 7) is 0. The van der Waals surface area contributed by atoms with Gasteiger partial charge in [-0.1, -0.05) is 24.4 Å². The van der Waals surface area contributed by atoms with Crippen molar-refractivity contribution in [1.29, 1.82) is 0 Å². The van der Waals surface area contributed by atoms with Crippen LogP contribution in [0.5, 0.6) is 11.5 Å². The summed E-state index contributed by atoms with van der Waals surface area (Å²) in [5.41, 5.74) is 6.39. The van der Waals surface area contributed by atoms with Crippen LogP contribution in [0, 0.1) is 0 Å². The van der Waals surface area contributed by atoms with E-state index in [0.29, 0.717) is 4.99 Å². The molecule has 0 amide bonds. The maximum Gasteiger partial charge on any atom is 0.140 e. The second-order valence-corrected chi connectivity index (χ2v) is 4.93. The maximum atomic E-state index is 5.83. The van der Waals surface area contributed by atoms with Crippen molar-refractivity contribution in [2.45, 2.75) is 4.90 Å². The second-order valence-electron chi connectivity index (χ2n) is 3.64. The third kappa shape index (κ3) is 3.03. The first-order valence-electron chi connectivity index (χ1n) is 5.41. The maximum absolute atomic E-state index is 5.83. The molecule has 2 aromatic carbocycles. The molecule has 18 heavy (non-hydrogen) atoms. The van der Waals surface area contributed by atoms with E-state index < -0.39 is 0 Å². The highest BCUT2D eigenvalue weighted by Gasteiger charge is 2.03. The number of nitrogens with two attached hydrogens (primary N) is 1. The van der Waals surface area contributed by atoms with E-state index in [1.54, 1.807) is 11.8 Å². The molecule has 0 aromatic heterocycles. The molecule has 92 valence electrons. The molecule has 2 rings (SSSR count). The first-order valence-corrected chi connectivity index (χ1v) is 7.05. The molecule has 0 saturated carbocycles. The Morgan fingerprint density at radius 1 is 1.11 bits per heavy atom. The lowest BCUT2D eigenvalue weighted by Gasteiger charge is -2.09. The van der Waals surface area contributed by atoms with Gasteiger partial charge in [0.05, 0.1) is 0 Å². The van der Waals surface area contributed by atoms with Crippen molar-refractivity contribution in [2.24, 2.45) is 5.73 Å². The number of thiocarbonyl (C=S) groups is 1. The number of ether oxygens (including phenoxy) is 1. The highest BCUT2D eigenvalue weighted by Crippen LogP contribution is 2.31. The Hall–Kier alpha value is -1.52. The highest BCUT2D eigenvalue weighted by atomic mass is 32.2. The average molecular weight is 275 g/mol. The smallest absolute Gasteiger partial charge is 0.140 e. The van der Waals surface area contributed by atoms with Crippen molar-refractivity contribution in [3.63, 3.8) is 0 Å². The van der Waals surface area contributed by atoms with Gasteiger partial charge in [0.15, 0.2) is 0 Å². The van der Waals surface area contributed by atoms with Crippen LogP contribution in [-0.4, -0.2) is 11.2 Å². The zero-order chi connectivity index (χ0) is 13.0. The summed E-state index contributed by atoms with van der Waals surface area (Å²) in [5, 5.41) is 0. The zero-order valence-electron chi connectivity index (χ0n) is 9.92. The van der Waals surface area contributed by atoms with Crippen molar-refractivity contribution in [3.8, 4) is 11.5 Å². The summed E-state index contributed by atoms with van der Waals surface area (Å²) >= 11 is 6.57. The van der Waals surface area contributed by atoms with E-state index in [0.717, 1.165) is 22.0 Å². The van der Waals surface area contributed by atoms with Gasteiger partial charge in [-0.25, -0.2) is 0 Å². The molecule has 4 heteroatoms. The van der Waals surface area contributed by atoms with Crippen LogP contribution in [0.4, 0.5) is 0 Å². The molecule has 0 bridgehead atoms. The van der Waals surface area contributed by atoms with Gasteiger partial charge in [-0.3, -0.25) is 0 Å². The lowest BCUT2D eigenvalue weighted by atomic mass is 10.2. The van der Waals surface area contributed by atoms with E-state index in [9.17, 15) is 0 Å². The molecule has 0 fully saturated rings. The monoisotopic (exact) mass is 275 g/mol. The van der Waals surface area contributed by atoms with Crippen molar-refractivity contribution >= 4 is 29.0 Å². The molecule has 0 spiro atoms. The molecule has 0 atom stereocenters. The number of hydrogen-bond donors (Lipinski definition) is 1. The van der Waals surface area contributed by atoms with Crippen LogP contribution < -0.4 is 10.5 Å². The van der Waals surface area contributed by atoms with Gasteiger partial charge in [0, 0.05) is 10.5 Å². The normalized spacial score (nSPS) is 10.1. The van der Waals surface area contributed by atoms with Gasteiger partial charge in [0.1, 0.15) is 16.5 Å². The highest BCUT2D eigenvalue weighted by molar-refractivity contribution is 7.98. The third-order valence-electron chi connectivity index (χ3n) is 2.44. The van der Waals surface area contributed by atoms with Gasteiger partial charge in [-0.2, -0.15) is 0 Å². The van der Waals surface area contributed by atoms with E-state index in [1.165, 1.54) is 0 Å². The summed E-state index contributed by atoms with van der Waals surface area (Å²) < 4.78 is 5.83. The Balaban J connectivity index is 2.21. The summed E-state index contributed by atoms with van der Waals surface area (Å²) in [6, 6.07) is 15.4. The van der Waals surface area contributed by atoms with Crippen LogP contribution in [0.3, 0.4) is 0 Å². The minimum absolute atomic E-state index is 0.395. The molecule has 0 aliphatic carbocycles. The SMILES string of the molecule is CSc1ccccc1Oc1ccc(C(N)=S)cc1. The predicted octanol–water partition coefficient (Wildman–Crippen LogP) is 3.84. The minimum atomic E-state index is 0.395. The molecule has 2 nitrogen and oxygen atoms in total. The standard InChI is InChI=1S/C14H13NOS2/c1-18-13-5-3-2-4-12(13)16-11-8-6-10(7-9-11)14(15)17/h2-9H,1H3,(H2,15,17). The molecular weight excluding hydrogens is 262 g/mol. The van der Waals surface area contributed by atoms with E-state index >= 15 is 0 Å². The number of para-hydroxylation sites is 1. The van der Waals surface area contributed by atoms with Crippen LogP contribution in [0.15, 0.2) is 53.4 Å². The van der Waals surface area contributed by atoms with Gasteiger partial charge >= 0.3 is 0 Å². The van der Waals surface area contributed by atoms with Crippen LogP contribution in [-0.2, 0) is 0 Å². The van der Waals surface area contributed by atoms with Crippen molar-refractivity contribution in [1.82, 2.24) is 0 Å². The summed E-state index contributed by atoms with van der Waals surface area (Å²) in [4.78, 5) is 1.50. The number of thioether (sulfide) groups is 1. The van der Waals surface area contributed by atoms with Gasteiger partial charge < -0.3 is 10.5 Å². The first kappa shape index (κ1) is 12.9. The lowest BCUT2D eigenvalue weighted by molar-refractivity contribution is 0.471.